The Bertz CT molecular complexity index is 450. The zero-order chi connectivity index (χ0) is 13.7. The number of benzene rings is 1. The maximum absolute atomic E-state index is 11.6. The van der Waals surface area contributed by atoms with Crippen LogP contribution in [-0.4, -0.2) is 11.8 Å². The smallest absolute Gasteiger partial charge is 0.227 e. The highest BCUT2D eigenvalue weighted by atomic mass is 16.2. The molecule has 0 unspecified atom stereocenters. The molecule has 0 radical (unpaired) electrons. The first-order valence-electron chi connectivity index (χ1n) is 6.90. The molecule has 1 aliphatic carbocycles. The summed E-state index contributed by atoms with van der Waals surface area (Å²) < 4.78 is 0. The third-order valence-corrected chi connectivity index (χ3v) is 3.14. The van der Waals surface area contributed by atoms with Crippen LogP contribution in [-0.2, 0) is 9.59 Å². The van der Waals surface area contributed by atoms with Crippen LogP contribution in [0.2, 0.25) is 0 Å². The Hall–Kier alpha value is -1.84. The Morgan fingerprint density at radius 1 is 1.11 bits per heavy atom. The minimum absolute atomic E-state index is 0.0385. The Kier molecular flexibility index (Phi) is 4.55. The molecule has 2 rings (SSSR count). The molecule has 0 heterocycles. The van der Waals surface area contributed by atoms with Crippen molar-refractivity contribution >= 4 is 23.2 Å². The number of anilines is 2. The zero-order valence-corrected chi connectivity index (χ0v) is 11.2. The molecule has 0 aromatic heterocycles. The van der Waals surface area contributed by atoms with E-state index in [1.807, 2.05) is 24.3 Å². The average molecular weight is 260 g/mol. The fourth-order valence-corrected chi connectivity index (χ4v) is 1.79. The number of nitrogens with one attached hydrogen (secondary N) is 2. The van der Waals surface area contributed by atoms with E-state index in [2.05, 4.69) is 17.6 Å². The van der Waals surface area contributed by atoms with E-state index in [9.17, 15) is 9.59 Å². The summed E-state index contributed by atoms with van der Waals surface area (Å²) in [5.74, 6) is 0.338. The highest BCUT2D eigenvalue weighted by Gasteiger charge is 2.29. The zero-order valence-electron chi connectivity index (χ0n) is 11.2. The molecule has 2 N–H and O–H groups in total. The summed E-state index contributed by atoms with van der Waals surface area (Å²) in [5.41, 5.74) is 1.55. The van der Waals surface area contributed by atoms with Gasteiger partial charge in [0.1, 0.15) is 0 Å². The third kappa shape index (κ3) is 4.39. The molecular formula is C15H20N2O2. The van der Waals surface area contributed by atoms with Gasteiger partial charge in [0.05, 0.1) is 0 Å². The predicted molar refractivity (Wildman–Crippen MR) is 76.0 cm³/mol. The van der Waals surface area contributed by atoms with Gasteiger partial charge in [0.15, 0.2) is 0 Å². The first-order valence-corrected chi connectivity index (χ1v) is 6.90. The molecule has 19 heavy (non-hydrogen) atoms. The van der Waals surface area contributed by atoms with E-state index in [0.29, 0.717) is 6.42 Å². The van der Waals surface area contributed by atoms with E-state index < -0.39 is 0 Å². The first-order chi connectivity index (χ1) is 9.19. The molecule has 1 saturated carbocycles. The summed E-state index contributed by atoms with van der Waals surface area (Å²) in [7, 11) is 0. The lowest BCUT2D eigenvalue weighted by Crippen LogP contribution is -2.13. The molecular weight excluding hydrogens is 240 g/mol. The second-order valence-electron chi connectivity index (χ2n) is 4.99. The van der Waals surface area contributed by atoms with Crippen LogP contribution >= 0.6 is 0 Å². The molecule has 0 aliphatic heterocycles. The Balaban J connectivity index is 1.83. The monoisotopic (exact) mass is 260 g/mol. The molecule has 1 aromatic carbocycles. The highest BCUT2D eigenvalue weighted by molar-refractivity contribution is 5.95. The summed E-state index contributed by atoms with van der Waals surface area (Å²) in [4.78, 5) is 23.1. The van der Waals surface area contributed by atoms with Gasteiger partial charge in [-0.05, 0) is 43.5 Å². The molecule has 2 amide bonds. The second-order valence-corrected chi connectivity index (χ2v) is 4.99. The number of carbonyl (C=O) groups is 2. The van der Waals surface area contributed by atoms with E-state index in [0.717, 1.165) is 37.1 Å². The Morgan fingerprint density at radius 2 is 1.68 bits per heavy atom. The van der Waals surface area contributed by atoms with Crippen molar-refractivity contribution in [3.8, 4) is 0 Å². The van der Waals surface area contributed by atoms with Gasteiger partial charge in [0.2, 0.25) is 11.8 Å². The molecule has 1 aromatic rings. The maximum Gasteiger partial charge on any atom is 0.227 e. The maximum atomic E-state index is 11.6. The molecule has 1 aliphatic rings. The van der Waals surface area contributed by atoms with Crippen molar-refractivity contribution in [2.75, 3.05) is 10.6 Å². The van der Waals surface area contributed by atoms with Gasteiger partial charge in [-0.3, -0.25) is 9.59 Å². The molecule has 1 fully saturated rings. The van der Waals surface area contributed by atoms with Gasteiger partial charge in [0.25, 0.3) is 0 Å². The third-order valence-electron chi connectivity index (χ3n) is 3.14. The van der Waals surface area contributed by atoms with Crippen molar-refractivity contribution in [3.63, 3.8) is 0 Å². The molecule has 0 atom stereocenters. The topological polar surface area (TPSA) is 58.2 Å². The SMILES string of the molecule is CCCCC(=O)Nc1ccc(NC(=O)C2CC2)cc1. The minimum atomic E-state index is 0.0385. The summed E-state index contributed by atoms with van der Waals surface area (Å²) in [5, 5.41) is 5.71. The van der Waals surface area contributed by atoms with Crippen molar-refractivity contribution in [1.29, 1.82) is 0 Å². The Morgan fingerprint density at radius 3 is 2.21 bits per heavy atom. The van der Waals surface area contributed by atoms with Crippen LogP contribution in [0, 0.1) is 5.92 Å². The molecule has 0 bridgehead atoms. The highest BCUT2D eigenvalue weighted by Crippen LogP contribution is 2.30. The van der Waals surface area contributed by atoms with Gasteiger partial charge in [-0.2, -0.15) is 0 Å². The molecule has 4 nitrogen and oxygen atoms in total. The van der Waals surface area contributed by atoms with Gasteiger partial charge < -0.3 is 10.6 Å². The molecule has 102 valence electrons. The second kappa shape index (κ2) is 6.36. The molecule has 4 heteroatoms. The van der Waals surface area contributed by atoms with Gasteiger partial charge in [0, 0.05) is 23.7 Å². The number of carbonyl (C=O) groups excluding carboxylic acids is 2. The minimum Gasteiger partial charge on any atom is -0.326 e. The van der Waals surface area contributed by atoms with E-state index in [1.165, 1.54) is 0 Å². The van der Waals surface area contributed by atoms with Crippen LogP contribution in [0.15, 0.2) is 24.3 Å². The summed E-state index contributed by atoms with van der Waals surface area (Å²) in [6, 6.07) is 7.25. The van der Waals surface area contributed by atoms with Crippen LogP contribution < -0.4 is 10.6 Å². The van der Waals surface area contributed by atoms with Gasteiger partial charge in [-0.25, -0.2) is 0 Å². The largest absolute Gasteiger partial charge is 0.326 e. The van der Waals surface area contributed by atoms with E-state index in [-0.39, 0.29) is 17.7 Å². The van der Waals surface area contributed by atoms with Crippen molar-refractivity contribution in [1.82, 2.24) is 0 Å². The predicted octanol–water partition coefficient (Wildman–Crippen LogP) is 3.16. The summed E-state index contributed by atoms with van der Waals surface area (Å²) >= 11 is 0. The summed E-state index contributed by atoms with van der Waals surface area (Å²) in [6.45, 7) is 2.06. The van der Waals surface area contributed by atoms with E-state index in [4.69, 9.17) is 0 Å². The van der Waals surface area contributed by atoms with Gasteiger partial charge >= 0.3 is 0 Å². The fraction of sp³-hybridized carbons (Fsp3) is 0.467. The van der Waals surface area contributed by atoms with Crippen LogP contribution in [0.1, 0.15) is 39.0 Å². The van der Waals surface area contributed by atoms with Gasteiger partial charge in [-0.15, -0.1) is 0 Å². The lowest BCUT2D eigenvalue weighted by atomic mass is 10.2. The molecule has 0 saturated heterocycles. The quantitative estimate of drug-likeness (QED) is 0.825. The number of rotatable bonds is 6. The summed E-state index contributed by atoms with van der Waals surface area (Å²) in [6.07, 6.45) is 4.46. The number of hydrogen-bond acceptors (Lipinski definition) is 2. The fourth-order valence-electron chi connectivity index (χ4n) is 1.79. The van der Waals surface area contributed by atoms with Gasteiger partial charge in [-0.1, -0.05) is 13.3 Å². The standard InChI is InChI=1S/C15H20N2O2/c1-2-3-4-14(18)16-12-7-9-13(10-8-12)17-15(19)11-5-6-11/h7-11H,2-6H2,1H3,(H,16,18)(H,17,19). The number of unbranched alkanes of at least 4 members (excludes halogenated alkanes) is 1. The van der Waals surface area contributed by atoms with E-state index in [1.54, 1.807) is 0 Å². The van der Waals surface area contributed by atoms with Crippen LogP contribution in [0.5, 0.6) is 0 Å². The molecule has 0 spiro atoms. The number of amides is 2. The van der Waals surface area contributed by atoms with Crippen molar-refractivity contribution in [3.05, 3.63) is 24.3 Å². The van der Waals surface area contributed by atoms with Crippen LogP contribution in [0.3, 0.4) is 0 Å². The number of hydrogen-bond donors (Lipinski definition) is 2. The normalized spacial score (nSPS) is 13.9. The van der Waals surface area contributed by atoms with Crippen LogP contribution in [0.4, 0.5) is 11.4 Å². The first kappa shape index (κ1) is 13.6. The van der Waals surface area contributed by atoms with Crippen molar-refractivity contribution in [2.45, 2.75) is 39.0 Å². The van der Waals surface area contributed by atoms with Crippen LogP contribution in [0.25, 0.3) is 0 Å². The van der Waals surface area contributed by atoms with E-state index >= 15 is 0 Å². The Labute approximate surface area is 113 Å². The average Bonchev–Trinajstić information content (AvgIpc) is 3.23. The lowest BCUT2D eigenvalue weighted by molar-refractivity contribution is -0.117. The van der Waals surface area contributed by atoms with Crippen molar-refractivity contribution < 1.29 is 9.59 Å². The van der Waals surface area contributed by atoms with Crippen molar-refractivity contribution in [2.24, 2.45) is 5.92 Å². The lowest BCUT2D eigenvalue weighted by Gasteiger charge is -2.07.